The maximum atomic E-state index is 12.3. The minimum absolute atomic E-state index is 0.0721. The minimum Gasteiger partial charge on any atom is -0.383 e. The minimum atomic E-state index is -0.0721. The number of nitrogens with two attached hydrogens (primary N) is 1. The molecule has 1 amide bonds. The van der Waals surface area contributed by atoms with Gasteiger partial charge >= 0.3 is 0 Å². The quantitative estimate of drug-likeness (QED) is 0.783. The van der Waals surface area contributed by atoms with Crippen LogP contribution in [0, 0.1) is 0 Å². The molecule has 94 valence electrons. The summed E-state index contributed by atoms with van der Waals surface area (Å²) in [5.41, 5.74) is 6.34. The Morgan fingerprint density at radius 3 is 2.78 bits per heavy atom. The molecule has 0 bridgehead atoms. The summed E-state index contributed by atoms with van der Waals surface area (Å²) in [5.74, 6) is 0.632. The fraction of sp³-hybridized carbons (Fsp3) is 0.455. The molecule has 2 aromatic heterocycles. The Balaban J connectivity index is 1.97. The summed E-state index contributed by atoms with van der Waals surface area (Å²) in [4.78, 5) is 22.2. The van der Waals surface area contributed by atoms with Crippen LogP contribution in [0.15, 0.2) is 12.5 Å². The monoisotopic (exact) mass is 246 g/mol. The Hall–Kier alpha value is -2.18. The zero-order valence-corrected chi connectivity index (χ0v) is 9.91. The maximum absolute atomic E-state index is 12.3. The number of carbonyl (C=O) groups is 1. The Morgan fingerprint density at radius 1 is 1.22 bits per heavy atom. The van der Waals surface area contributed by atoms with Crippen molar-refractivity contribution in [2.45, 2.75) is 19.3 Å². The number of nitrogen functional groups attached to an aromatic ring is 1. The summed E-state index contributed by atoms with van der Waals surface area (Å²) in [5, 5.41) is 3.95. The SMILES string of the molecule is Nc1c(C(=O)N2CCCCC2)cnc2ncnn12. The van der Waals surface area contributed by atoms with Gasteiger partial charge in [0.15, 0.2) is 0 Å². The van der Waals surface area contributed by atoms with Crippen LogP contribution in [0.5, 0.6) is 0 Å². The average Bonchev–Trinajstić information content (AvgIpc) is 2.89. The number of anilines is 1. The second-order valence-corrected chi connectivity index (χ2v) is 4.38. The van der Waals surface area contributed by atoms with Crippen molar-refractivity contribution in [2.24, 2.45) is 0 Å². The lowest BCUT2D eigenvalue weighted by atomic mass is 10.1. The standard InChI is InChI=1S/C11H14N6O/c12-9-8(6-13-11-14-7-15-17(9)11)10(18)16-4-2-1-3-5-16/h6-7H,1-5,12H2. The Morgan fingerprint density at radius 2 is 2.00 bits per heavy atom. The summed E-state index contributed by atoms with van der Waals surface area (Å²) in [7, 11) is 0. The van der Waals surface area contributed by atoms with E-state index in [1.54, 1.807) is 0 Å². The molecule has 0 atom stereocenters. The highest BCUT2D eigenvalue weighted by Gasteiger charge is 2.22. The first-order valence-corrected chi connectivity index (χ1v) is 6.01. The molecule has 0 aromatic carbocycles. The number of fused-ring (bicyclic) bond motifs is 1. The molecule has 0 unspecified atom stereocenters. The third-order valence-electron chi connectivity index (χ3n) is 3.22. The summed E-state index contributed by atoms with van der Waals surface area (Å²) < 4.78 is 1.39. The van der Waals surface area contributed by atoms with Crippen LogP contribution in [0.25, 0.3) is 5.78 Å². The first-order chi connectivity index (χ1) is 8.77. The van der Waals surface area contributed by atoms with Crippen molar-refractivity contribution in [1.29, 1.82) is 0 Å². The van der Waals surface area contributed by atoms with E-state index in [-0.39, 0.29) is 5.91 Å². The topological polar surface area (TPSA) is 89.4 Å². The molecule has 3 heterocycles. The van der Waals surface area contributed by atoms with E-state index in [1.807, 2.05) is 4.90 Å². The lowest BCUT2D eigenvalue weighted by molar-refractivity contribution is 0.0724. The van der Waals surface area contributed by atoms with Crippen molar-refractivity contribution in [3.63, 3.8) is 0 Å². The molecule has 1 aliphatic rings. The third kappa shape index (κ3) is 1.68. The van der Waals surface area contributed by atoms with Crippen molar-refractivity contribution in [3.8, 4) is 0 Å². The van der Waals surface area contributed by atoms with E-state index in [2.05, 4.69) is 15.1 Å². The van der Waals surface area contributed by atoms with Gasteiger partial charge in [-0.05, 0) is 19.3 Å². The molecule has 1 fully saturated rings. The number of rotatable bonds is 1. The van der Waals surface area contributed by atoms with Gasteiger partial charge in [0.2, 0.25) is 0 Å². The number of likely N-dealkylation sites (tertiary alicyclic amines) is 1. The Labute approximate surface area is 104 Å². The van der Waals surface area contributed by atoms with Gasteiger partial charge in [0.25, 0.3) is 11.7 Å². The molecule has 2 N–H and O–H groups in total. The molecule has 0 spiro atoms. The number of amides is 1. The number of piperidine rings is 1. The van der Waals surface area contributed by atoms with Gasteiger partial charge in [-0.1, -0.05) is 0 Å². The van der Waals surface area contributed by atoms with Gasteiger partial charge in [0.1, 0.15) is 17.7 Å². The lowest BCUT2D eigenvalue weighted by Crippen LogP contribution is -2.36. The van der Waals surface area contributed by atoms with E-state index < -0.39 is 0 Å². The predicted molar refractivity (Wildman–Crippen MR) is 64.9 cm³/mol. The number of aromatic nitrogens is 4. The first-order valence-electron chi connectivity index (χ1n) is 6.01. The first kappa shape index (κ1) is 10.9. The van der Waals surface area contributed by atoms with Crippen LogP contribution >= 0.6 is 0 Å². The predicted octanol–water partition coefficient (Wildman–Crippen LogP) is 0.333. The highest BCUT2D eigenvalue weighted by Crippen LogP contribution is 2.17. The number of hydrogen-bond donors (Lipinski definition) is 1. The normalized spacial score (nSPS) is 16.1. The second-order valence-electron chi connectivity index (χ2n) is 4.38. The second kappa shape index (κ2) is 4.25. The van der Waals surface area contributed by atoms with Crippen LogP contribution in [0.1, 0.15) is 29.6 Å². The molecule has 18 heavy (non-hydrogen) atoms. The fourth-order valence-electron chi connectivity index (χ4n) is 2.23. The molecule has 1 aliphatic heterocycles. The summed E-state index contributed by atoms with van der Waals surface area (Å²) in [6.07, 6.45) is 6.12. The average molecular weight is 246 g/mol. The molecule has 2 aromatic rings. The van der Waals surface area contributed by atoms with Crippen molar-refractivity contribution in [3.05, 3.63) is 18.1 Å². The fourth-order valence-corrected chi connectivity index (χ4v) is 2.23. The van der Waals surface area contributed by atoms with Gasteiger partial charge in [0.05, 0.1) is 0 Å². The van der Waals surface area contributed by atoms with Gasteiger partial charge in [-0.3, -0.25) is 4.79 Å². The third-order valence-corrected chi connectivity index (χ3v) is 3.22. The van der Waals surface area contributed by atoms with Gasteiger partial charge in [0, 0.05) is 19.3 Å². The largest absolute Gasteiger partial charge is 0.383 e. The Kier molecular flexibility index (Phi) is 2.58. The van der Waals surface area contributed by atoms with Gasteiger partial charge < -0.3 is 10.6 Å². The molecule has 7 heteroatoms. The van der Waals surface area contributed by atoms with Crippen molar-refractivity contribution < 1.29 is 4.79 Å². The van der Waals surface area contributed by atoms with Crippen molar-refractivity contribution in [2.75, 3.05) is 18.8 Å². The van der Waals surface area contributed by atoms with Crippen LogP contribution in [0.3, 0.4) is 0 Å². The number of nitrogens with zero attached hydrogens (tertiary/aromatic N) is 5. The molecule has 0 radical (unpaired) electrons. The highest BCUT2D eigenvalue weighted by molar-refractivity contribution is 5.98. The summed E-state index contributed by atoms with van der Waals surface area (Å²) in [6.45, 7) is 1.57. The van der Waals surface area contributed by atoms with Crippen molar-refractivity contribution in [1.82, 2.24) is 24.5 Å². The number of carbonyl (C=O) groups excluding carboxylic acids is 1. The molecule has 1 saturated heterocycles. The van der Waals surface area contributed by atoms with E-state index >= 15 is 0 Å². The van der Waals surface area contributed by atoms with E-state index in [4.69, 9.17) is 5.73 Å². The zero-order chi connectivity index (χ0) is 12.5. The van der Waals surface area contributed by atoms with Crippen LogP contribution in [0.2, 0.25) is 0 Å². The van der Waals surface area contributed by atoms with Crippen molar-refractivity contribution >= 4 is 17.5 Å². The van der Waals surface area contributed by atoms with Crippen LogP contribution in [-0.4, -0.2) is 43.5 Å². The van der Waals surface area contributed by atoms with E-state index in [0.29, 0.717) is 17.2 Å². The van der Waals surface area contributed by atoms with E-state index in [9.17, 15) is 4.79 Å². The van der Waals surface area contributed by atoms with E-state index in [1.165, 1.54) is 23.5 Å². The van der Waals surface area contributed by atoms with Gasteiger partial charge in [-0.25, -0.2) is 4.98 Å². The molecule has 0 aliphatic carbocycles. The lowest BCUT2D eigenvalue weighted by Gasteiger charge is -2.26. The van der Waals surface area contributed by atoms with Crippen LogP contribution in [0.4, 0.5) is 5.82 Å². The van der Waals surface area contributed by atoms with Crippen LogP contribution in [-0.2, 0) is 0 Å². The number of hydrogen-bond acceptors (Lipinski definition) is 5. The van der Waals surface area contributed by atoms with Crippen LogP contribution < -0.4 is 5.73 Å². The Bertz CT molecular complexity index is 586. The maximum Gasteiger partial charge on any atom is 0.259 e. The molecule has 3 rings (SSSR count). The smallest absolute Gasteiger partial charge is 0.259 e. The summed E-state index contributed by atoms with van der Waals surface area (Å²) >= 11 is 0. The van der Waals surface area contributed by atoms with E-state index in [0.717, 1.165) is 25.9 Å². The summed E-state index contributed by atoms with van der Waals surface area (Å²) in [6, 6.07) is 0. The molecule has 7 nitrogen and oxygen atoms in total. The van der Waals surface area contributed by atoms with Gasteiger partial charge in [-0.2, -0.15) is 14.6 Å². The molecular weight excluding hydrogens is 232 g/mol. The van der Waals surface area contributed by atoms with Gasteiger partial charge in [-0.15, -0.1) is 0 Å². The molecular formula is C11H14N6O. The zero-order valence-electron chi connectivity index (χ0n) is 9.91. The molecule has 0 saturated carbocycles. The highest BCUT2D eigenvalue weighted by atomic mass is 16.2.